The van der Waals surface area contributed by atoms with Gasteiger partial charge in [-0.25, -0.2) is 4.98 Å². The normalized spacial score (nSPS) is 31.3. The number of fused-ring (bicyclic) bond motifs is 3. The number of ketones is 1. The highest BCUT2D eigenvalue weighted by Gasteiger charge is 2.43. The molecule has 5 rings (SSSR count). The van der Waals surface area contributed by atoms with Crippen LogP contribution in [0.25, 0.3) is 11.1 Å². The summed E-state index contributed by atoms with van der Waals surface area (Å²) in [5.41, 5.74) is 1.70. The van der Waals surface area contributed by atoms with Crippen molar-refractivity contribution >= 4 is 22.8 Å². The fraction of sp³-hybridized carbons (Fsp3) is 0.591. The molecular formula is C22H26N2O3. The molecule has 3 atom stereocenters. The Morgan fingerprint density at radius 2 is 1.78 bits per heavy atom. The Bertz CT molecular complexity index is 824. The molecule has 2 aromatic rings. The van der Waals surface area contributed by atoms with E-state index in [1.54, 1.807) is 0 Å². The van der Waals surface area contributed by atoms with Crippen LogP contribution in [0.4, 0.5) is 0 Å². The molecule has 3 fully saturated rings. The number of carbonyl (C=O) groups is 2. The highest BCUT2D eigenvalue weighted by molar-refractivity contribution is 5.88. The van der Waals surface area contributed by atoms with Gasteiger partial charge >= 0.3 is 0 Å². The van der Waals surface area contributed by atoms with Gasteiger partial charge in [-0.15, -0.1) is 0 Å². The first-order chi connectivity index (χ1) is 13.2. The second-order valence-corrected chi connectivity index (χ2v) is 8.54. The largest absolute Gasteiger partial charge is 0.440 e. The second-order valence-electron chi connectivity index (χ2n) is 8.54. The van der Waals surface area contributed by atoms with E-state index in [2.05, 4.69) is 4.98 Å². The van der Waals surface area contributed by atoms with Crippen LogP contribution in [0.2, 0.25) is 0 Å². The Morgan fingerprint density at radius 1 is 1.04 bits per heavy atom. The van der Waals surface area contributed by atoms with Crippen molar-refractivity contribution in [3.8, 4) is 0 Å². The quantitative estimate of drug-likeness (QED) is 0.808. The number of para-hydroxylation sites is 2. The lowest BCUT2D eigenvalue weighted by Crippen LogP contribution is -2.47. The minimum Gasteiger partial charge on any atom is -0.440 e. The molecule has 2 saturated carbocycles. The standard InChI is InChI=1S/C22H26N2O3/c25-20-14-5-3-6-15(20)12-17(11-14)22(26)24-10-4-7-16(13-24)21-23-18-8-1-2-9-19(18)27-21/h1-2,8-9,14-17H,3-7,10-13H2. The van der Waals surface area contributed by atoms with Crippen molar-refractivity contribution in [2.24, 2.45) is 17.8 Å². The first kappa shape index (κ1) is 17.0. The number of amides is 1. The van der Waals surface area contributed by atoms with Gasteiger partial charge in [0.25, 0.3) is 0 Å². The van der Waals surface area contributed by atoms with E-state index < -0.39 is 0 Å². The molecule has 1 amide bonds. The lowest BCUT2D eigenvalue weighted by Gasteiger charge is -2.40. The molecule has 1 aromatic carbocycles. The predicted molar refractivity (Wildman–Crippen MR) is 101 cm³/mol. The molecule has 2 aliphatic carbocycles. The molecule has 27 heavy (non-hydrogen) atoms. The van der Waals surface area contributed by atoms with Gasteiger partial charge in [0.2, 0.25) is 5.91 Å². The van der Waals surface area contributed by atoms with Gasteiger partial charge in [0, 0.05) is 30.8 Å². The molecule has 0 radical (unpaired) electrons. The van der Waals surface area contributed by atoms with Gasteiger partial charge < -0.3 is 9.32 Å². The summed E-state index contributed by atoms with van der Waals surface area (Å²) >= 11 is 0. The number of oxazole rings is 1. The van der Waals surface area contributed by atoms with Crippen molar-refractivity contribution in [1.29, 1.82) is 0 Å². The van der Waals surface area contributed by atoms with Crippen LogP contribution < -0.4 is 0 Å². The molecule has 2 heterocycles. The van der Waals surface area contributed by atoms with Crippen LogP contribution in [0.5, 0.6) is 0 Å². The number of hydrogen-bond acceptors (Lipinski definition) is 4. The second kappa shape index (κ2) is 6.77. The summed E-state index contributed by atoms with van der Waals surface area (Å²) in [6.45, 7) is 1.50. The van der Waals surface area contributed by atoms with Gasteiger partial charge in [-0.2, -0.15) is 0 Å². The number of Topliss-reactive ketones (excluding diaryl/α,β-unsaturated/α-hetero) is 1. The van der Waals surface area contributed by atoms with E-state index >= 15 is 0 Å². The Balaban J connectivity index is 1.30. The summed E-state index contributed by atoms with van der Waals surface area (Å²) in [5.74, 6) is 1.88. The van der Waals surface area contributed by atoms with Crippen molar-refractivity contribution in [1.82, 2.24) is 9.88 Å². The van der Waals surface area contributed by atoms with Crippen molar-refractivity contribution in [2.75, 3.05) is 13.1 Å². The number of hydrogen-bond donors (Lipinski definition) is 0. The summed E-state index contributed by atoms with van der Waals surface area (Å²) in [5, 5.41) is 0. The summed E-state index contributed by atoms with van der Waals surface area (Å²) in [6.07, 6.45) is 6.61. The van der Waals surface area contributed by atoms with Crippen molar-refractivity contribution in [3.05, 3.63) is 30.2 Å². The van der Waals surface area contributed by atoms with Gasteiger partial charge in [-0.3, -0.25) is 9.59 Å². The highest BCUT2D eigenvalue weighted by atomic mass is 16.3. The molecule has 0 spiro atoms. The molecule has 3 unspecified atom stereocenters. The molecular weight excluding hydrogens is 340 g/mol. The van der Waals surface area contributed by atoms with Crippen LogP contribution in [0.15, 0.2) is 28.7 Å². The number of aromatic nitrogens is 1. The van der Waals surface area contributed by atoms with E-state index in [1.807, 2.05) is 29.2 Å². The number of benzene rings is 1. The average molecular weight is 366 g/mol. The maximum Gasteiger partial charge on any atom is 0.225 e. The third kappa shape index (κ3) is 3.07. The molecule has 142 valence electrons. The maximum atomic E-state index is 13.2. The maximum absolute atomic E-state index is 13.2. The third-order valence-electron chi connectivity index (χ3n) is 6.79. The topological polar surface area (TPSA) is 63.4 Å². The minimum atomic E-state index is 0.0281. The number of likely N-dealkylation sites (tertiary alicyclic amines) is 1. The Labute approximate surface area is 159 Å². The lowest BCUT2D eigenvalue weighted by molar-refractivity contribution is -0.144. The number of rotatable bonds is 2. The molecule has 0 N–H and O–H groups in total. The summed E-state index contributed by atoms with van der Waals surface area (Å²) < 4.78 is 5.96. The lowest BCUT2D eigenvalue weighted by atomic mass is 9.67. The van der Waals surface area contributed by atoms with Crippen molar-refractivity contribution in [3.63, 3.8) is 0 Å². The summed E-state index contributed by atoms with van der Waals surface area (Å²) in [6, 6.07) is 7.82. The van der Waals surface area contributed by atoms with E-state index in [0.717, 1.165) is 68.5 Å². The zero-order chi connectivity index (χ0) is 18.4. The number of piperidine rings is 1. The zero-order valence-corrected chi connectivity index (χ0v) is 15.6. The van der Waals surface area contributed by atoms with Crippen LogP contribution >= 0.6 is 0 Å². The third-order valence-corrected chi connectivity index (χ3v) is 6.79. The Morgan fingerprint density at radius 3 is 2.56 bits per heavy atom. The van der Waals surface area contributed by atoms with Gasteiger partial charge in [-0.1, -0.05) is 18.6 Å². The minimum absolute atomic E-state index is 0.0281. The Hall–Kier alpha value is -2.17. The first-order valence-electron chi connectivity index (χ1n) is 10.4. The predicted octanol–water partition coefficient (Wildman–Crippen LogP) is 3.93. The van der Waals surface area contributed by atoms with E-state index in [4.69, 9.17) is 4.42 Å². The summed E-state index contributed by atoms with van der Waals surface area (Å²) in [4.78, 5) is 32.2. The Kier molecular flexibility index (Phi) is 4.25. The highest BCUT2D eigenvalue weighted by Crippen LogP contribution is 2.41. The van der Waals surface area contributed by atoms with Gasteiger partial charge in [0.15, 0.2) is 11.5 Å². The molecule has 5 heteroatoms. The van der Waals surface area contributed by atoms with E-state index in [9.17, 15) is 9.59 Å². The SMILES string of the molecule is O=C1C2CCCC1CC(C(=O)N1CCCC(c3nc4ccccc4o3)C1)C2. The molecule has 1 aliphatic heterocycles. The molecule has 5 nitrogen and oxygen atoms in total. The van der Waals surface area contributed by atoms with Crippen LogP contribution in [0.3, 0.4) is 0 Å². The smallest absolute Gasteiger partial charge is 0.225 e. The van der Waals surface area contributed by atoms with Crippen LogP contribution in [0.1, 0.15) is 56.8 Å². The fourth-order valence-electron chi connectivity index (χ4n) is 5.38. The van der Waals surface area contributed by atoms with E-state index in [0.29, 0.717) is 12.3 Å². The van der Waals surface area contributed by atoms with Crippen LogP contribution in [-0.4, -0.2) is 34.7 Å². The molecule has 1 aromatic heterocycles. The average Bonchev–Trinajstić information content (AvgIpc) is 3.12. The van der Waals surface area contributed by atoms with Crippen LogP contribution in [0, 0.1) is 17.8 Å². The van der Waals surface area contributed by atoms with Crippen molar-refractivity contribution in [2.45, 2.75) is 50.9 Å². The molecule has 3 aliphatic rings. The van der Waals surface area contributed by atoms with Crippen LogP contribution in [-0.2, 0) is 9.59 Å². The van der Waals surface area contributed by atoms with Gasteiger partial charge in [0.05, 0.1) is 5.92 Å². The van der Waals surface area contributed by atoms with E-state index in [1.165, 1.54) is 0 Å². The summed E-state index contributed by atoms with van der Waals surface area (Å²) in [7, 11) is 0. The van der Waals surface area contributed by atoms with Gasteiger partial charge in [-0.05, 0) is 50.7 Å². The van der Waals surface area contributed by atoms with Gasteiger partial charge in [0.1, 0.15) is 11.3 Å². The molecule has 2 bridgehead atoms. The number of carbonyl (C=O) groups excluding carboxylic acids is 2. The number of nitrogens with zero attached hydrogens (tertiary/aromatic N) is 2. The monoisotopic (exact) mass is 366 g/mol. The first-order valence-corrected chi connectivity index (χ1v) is 10.4. The zero-order valence-electron chi connectivity index (χ0n) is 15.6. The van der Waals surface area contributed by atoms with Crippen molar-refractivity contribution < 1.29 is 14.0 Å². The molecule has 1 saturated heterocycles. The fourth-order valence-corrected chi connectivity index (χ4v) is 5.38. The van der Waals surface area contributed by atoms with E-state index in [-0.39, 0.29) is 29.6 Å².